The fourth-order valence-electron chi connectivity index (χ4n) is 3.79. The lowest BCUT2D eigenvalue weighted by Gasteiger charge is -2.31. The van der Waals surface area contributed by atoms with Gasteiger partial charge in [-0.05, 0) is 47.7 Å². The van der Waals surface area contributed by atoms with Crippen LogP contribution in [-0.2, 0) is 29.0 Å². The van der Waals surface area contributed by atoms with Crippen LogP contribution in [0.1, 0.15) is 36.5 Å². The van der Waals surface area contributed by atoms with E-state index in [0.717, 1.165) is 23.1 Å². The maximum absolute atomic E-state index is 13.5. The molecule has 0 aliphatic carbocycles. The number of carbonyl (C=O) groups excluding carboxylic acids is 2. The van der Waals surface area contributed by atoms with Crippen molar-refractivity contribution in [2.75, 3.05) is 6.54 Å². The summed E-state index contributed by atoms with van der Waals surface area (Å²) in [4.78, 5) is 28.4. The highest BCUT2D eigenvalue weighted by Gasteiger charge is 2.30. The Bertz CT molecular complexity index is 1070. The Kier molecular flexibility index (Phi) is 9.65. The van der Waals surface area contributed by atoms with Crippen molar-refractivity contribution in [3.8, 4) is 0 Å². The molecule has 0 unspecified atom stereocenters. The minimum atomic E-state index is -0.697. The fraction of sp³-hybridized carbons (Fsp3) is 0.286. The highest BCUT2D eigenvalue weighted by Crippen LogP contribution is 2.20. The molecule has 178 valence electrons. The summed E-state index contributed by atoms with van der Waals surface area (Å²) in [5.74, 6) is -0.697. The van der Waals surface area contributed by atoms with Crippen LogP contribution in [0.5, 0.6) is 0 Å². The van der Waals surface area contributed by atoms with E-state index < -0.39 is 6.04 Å². The zero-order valence-corrected chi connectivity index (χ0v) is 20.1. The summed E-state index contributed by atoms with van der Waals surface area (Å²) in [6, 6.07) is 22.4. The maximum atomic E-state index is 13.5. The van der Waals surface area contributed by atoms with Crippen molar-refractivity contribution in [2.45, 2.75) is 45.2 Å². The number of nitrogens with one attached hydrogen (secondary N) is 1. The smallest absolute Gasteiger partial charge is 0.243 e. The van der Waals surface area contributed by atoms with Gasteiger partial charge in [0.25, 0.3) is 0 Å². The largest absolute Gasteiger partial charge is 0.354 e. The lowest BCUT2D eigenvalue weighted by Crippen LogP contribution is -2.50. The van der Waals surface area contributed by atoms with Gasteiger partial charge in [0.15, 0.2) is 0 Å². The van der Waals surface area contributed by atoms with Crippen LogP contribution < -0.4 is 5.32 Å². The normalized spacial score (nSPS) is 11.6. The molecule has 0 spiro atoms. The first-order valence-electron chi connectivity index (χ1n) is 11.6. The molecule has 3 aromatic rings. The molecule has 34 heavy (non-hydrogen) atoms. The molecule has 1 atom stereocenters. The second-order valence-corrected chi connectivity index (χ2v) is 8.64. The molecule has 0 heterocycles. The predicted octanol–water partition coefficient (Wildman–Crippen LogP) is 5.58. The Morgan fingerprint density at radius 2 is 1.62 bits per heavy atom. The summed E-state index contributed by atoms with van der Waals surface area (Å²) < 4.78 is 13.5. The van der Waals surface area contributed by atoms with Crippen LogP contribution in [0.25, 0.3) is 0 Å². The Morgan fingerprint density at radius 3 is 2.29 bits per heavy atom. The van der Waals surface area contributed by atoms with Crippen LogP contribution in [0, 0.1) is 5.82 Å². The van der Waals surface area contributed by atoms with E-state index in [0.29, 0.717) is 24.4 Å². The zero-order valence-electron chi connectivity index (χ0n) is 19.3. The topological polar surface area (TPSA) is 49.4 Å². The third kappa shape index (κ3) is 7.42. The van der Waals surface area contributed by atoms with Crippen LogP contribution in [-0.4, -0.2) is 29.3 Å². The van der Waals surface area contributed by atoms with Crippen molar-refractivity contribution in [1.29, 1.82) is 0 Å². The Hall–Kier alpha value is -3.18. The molecule has 0 aliphatic heterocycles. The van der Waals surface area contributed by atoms with Crippen molar-refractivity contribution >= 4 is 23.4 Å². The van der Waals surface area contributed by atoms with E-state index in [9.17, 15) is 14.0 Å². The van der Waals surface area contributed by atoms with Crippen molar-refractivity contribution in [3.63, 3.8) is 0 Å². The lowest BCUT2D eigenvalue weighted by molar-refractivity contribution is -0.141. The monoisotopic (exact) mass is 480 g/mol. The first-order valence-corrected chi connectivity index (χ1v) is 11.9. The summed E-state index contributed by atoms with van der Waals surface area (Å²) in [6.45, 7) is 2.72. The molecule has 0 bridgehead atoms. The fourth-order valence-corrected chi connectivity index (χ4v) is 4.02. The van der Waals surface area contributed by atoms with Crippen LogP contribution in [0.3, 0.4) is 0 Å². The second-order valence-electron chi connectivity index (χ2n) is 8.24. The number of nitrogens with zero attached hydrogens (tertiary/aromatic N) is 1. The van der Waals surface area contributed by atoms with Gasteiger partial charge >= 0.3 is 0 Å². The van der Waals surface area contributed by atoms with E-state index in [1.165, 1.54) is 12.1 Å². The lowest BCUT2D eigenvalue weighted by atomic mass is 10.0. The molecular formula is C28H30ClFN2O2. The third-order valence-corrected chi connectivity index (χ3v) is 6.02. The van der Waals surface area contributed by atoms with E-state index in [1.54, 1.807) is 23.1 Å². The molecule has 1 N–H and O–H groups in total. The van der Waals surface area contributed by atoms with E-state index in [4.69, 9.17) is 11.6 Å². The molecule has 0 saturated carbocycles. The second kappa shape index (κ2) is 12.9. The van der Waals surface area contributed by atoms with E-state index in [-0.39, 0.29) is 30.6 Å². The molecular weight excluding hydrogens is 451 g/mol. The van der Waals surface area contributed by atoms with Gasteiger partial charge in [-0.3, -0.25) is 9.59 Å². The highest BCUT2D eigenvalue weighted by molar-refractivity contribution is 6.31. The molecule has 0 radical (unpaired) electrons. The van der Waals surface area contributed by atoms with Gasteiger partial charge in [-0.2, -0.15) is 0 Å². The number of hydrogen-bond donors (Lipinski definition) is 1. The first-order chi connectivity index (χ1) is 16.5. The zero-order chi connectivity index (χ0) is 24.3. The predicted molar refractivity (Wildman–Crippen MR) is 134 cm³/mol. The van der Waals surface area contributed by atoms with E-state index >= 15 is 0 Å². The molecule has 6 heteroatoms. The number of halogens is 2. The molecule has 4 nitrogen and oxygen atoms in total. The van der Waals surface area contributed by atoms with Crippen molar-refractivity contribution in [3.05, 3.63) is 106 Å². The molecule has 0 aromatic heterocycles. The number of rotatable bonds is 11. The maximum Gasteiger partial charge on any atom is 0.243 e. The summed E-state index contributed by atoms with van der Waals surface area (Å²) >= 11 is 6.28. The molecule has 2 amide bonds. The van der Waals surface area contributed by atoms with Gasteiger partial charge in [0, 0.05) is 31.0 Å². The minimum absolute atomic E-state index is 0.156. The van der Waals surface area contributed by atoms with Crippen molar-refractivity contribution in [2.24, 2.45) is 0 Å². The van der Waals surface area contributed by atoms with E-state index in [1.807, 2.05) is 55.5 Å². The Morgan fingerprint density at radius 1 is 0.941 bits per heavy atom. The summed E-state index contributed by atoms with van der Waals surface area (Å²) in [6.07, 6.45) is 1.85. The summed E-state index contributed by atoms with van der Waals surface area (Å²) in [5.41, 5.74) is 2.60. The van der Waals surface area contributed by atoms with Crippen LogP contribution in [0.2, 0.25) is 5.02 Å². The molecule has 3 rings (SSSR count). The number of carbonyl (C=O) groups is 2. The van der Waals surface area contributed by atoms with Gasteiger partial charge in [-0.15, -0.1) is 0 Å². The average Bonchev–Trinajstić information content (AvgIpc) is 2.85. The van der Waals surface area contributed by atoms with Gasteiger partial charge in [0.05, 0.1) is 0 Å². The summed E-state index contributed by atoms with van der Waals surface area (Å²) in [5, 5.41) is 3.56. The molecule has 0 fully saturated rings. The van der Waals surface area contributed by atoms with Gasteiger partial charge in [0.2, 0.25) is 11.8 Å². The van der Waals surface area contributed by atoms with Gasteiger partial charge in [-0.25, -0.2) is 4.39 Å². The van der Waals surface area contributed by atoms with Crippen molar-refractivity contribution < 1.29 is 14.0 Å². The summed E-state index contributed by atoms with van der Waals surface area (Å²) in [7, 11) is 0. The van der Waals surface area contributed by atoms with Crippen molar-refractivity contribution in [1.82, 2.24) is 10.2 Å². The Labute approximate surface area is 205 Å². The average molecular weight is 481 g/mol. The number of hydrogen-bond acceptors (Lipinski definition) is 2. The highest BCUT2D eigenvalue weighted by atomic mass is 35.5. The van der Waals surface area contributed by atoms with Gasteiger partial charge in [-0.1, -0.05) is 79.2 Å². The molecule has 0 saturated heterocycles. The van der Waals surface area contributed by atoms with E-state index in [2.05, 4.69) is 5.32 Å². The van der Waals surface area contributed by atoms with Crippen LogP contribution >= 0.6 is 11.6 Å². The SMILES string of the molecule is CCCNC(=O)[C@@H](Cc1ccccc1)N(Cc1ccc(F)cc1)C(=O)CCc1ccccc1Cl. The van der Waals surface area contributed by atoms with Crippen LogP contribution in [0.15, 0.2) is 78.9 Å². The van der Waals surface area contributed by atoms with Crippen LogP contribution in [0.4, 0.5) is 4.39 Å². The molecule has 0 aliphatic rings. The standard InChI is InChI=1S/C28H30ClFN2O2/c1-2-18-31-28(34)26(19-21-8-4-3-5-9-21)32(20-22-12-15-24(30)16-13-22)27(33)17-14-23-10-6-7-11-25(23)29/h3-13,15-16,26H,2,14,17-20H2,1H3,(H,31,34)/t26-/m1/s1. The quantitative estimate of drug-likeness (QED) is 0.389. The third-order valence-electron chi connectivity index (χ3n) is 5.65. The Balaban J connectivity index is 1.89. The first kappa shape index (κ1) is 25.4. The van der Waals surface area contributed by atoms with Gasteiger partial charge < -0.3 is 10.2 Å². The number of benzene rings is 3. The number of aryl methyl sites for hydroxylation is 1. The molecule has 3 aromatic carbocycles. The number of amides is 2. The minimum Gasteiger partial charge on any atom is -0.354 e. The van der Waals surface area contributed by atoms with Gasteiger partial charge in [0.1, 0.15) is 11.9 Å².